The zero-order valence-corrected chi connectivity index (χ0v) is 17.1. The molecular weight excluding hydrogens is 304 g/mol. The summed E-state index contributed by atoms with van der Waals surface area (Å²) in [6.45, 7) is 9.73. The molecule has 2 heterocycles. The molecule has 0 amide bonds. The van der Waals surface area contributed by atoms with Crippen molar-refractivity contribution in [2.45, 2.75) is 102 Å². The molecule has 2 aliphatic carbocycles. The van der Waals surface area contributed by atoms with E-state index in [2.05, 4.69) is 31.4 Å². The maximum absolute atomic E-state index is 4.04. The zero-order chi connectivity index (χ0) is 17.5. The molecule has 0 aromatic heterocycles. The molecule has 4 rings (SSSR count). The van der Waals surface area contributed by atoms with Gasteiger partial charge in [-0.05, 0) is 94.0 Å². The molecule has 0 bridgehead atoms. The molecule has 4 fully saturated rings. The molecule has 0 aromatic carbocycles. The molecule has 2 spiro atoms. The van der Waals surface area contributed by atoms with Gasteiger partial charge in [0.15, 0.2) is 0 Å². The van der Waals surface area contributed by atoms with E-state index in [9.17, 15) is 0 Å². The second-order valence-corrected chi connectivity index (χ2v) is 10.7. The van der Waals surface area contributed by atoms with E-state index in [1.165, 1.54) is 83.7 Å². The molecule has 2 nitrogen and oxygen atoms in total. The average molecular weight is 347 g/mol. The molecule has 0 radical (unpaired) electrons. The highest BCUT2D eigenvalue weighted by atomic mass is 15.0. The molecule has 2 N–H and O–H groups in total. The molecule has 2 saturated heterocycles. The molecule has 2 aliphatic heterocycles. The molecule has 2 saturated carbocycles. The third kappa shape index (κ3) is 3.68. The van der Waals surface area contributed by atoms with Gasteiger partial charge in [-0.3, -0.25) is 0 Å². The third-order valence-electron chi connectivity index (χ3n) is 8.91. The molecule has 25 heavy (non-hydrogen) atoms. The highest BCUT2D eigenvalue weighted by Crippen LogP contribution is 2.52. The standard InChI is InChI=1S/C23H42N2/c1-4-18-7-10-22(24-15-18)9-5-6-19(12-22)21-13-23(14-21)11-8-20(16-25-23)17(2)3/h17-21,24-25H,4-16H2,1-3H3. The topological polar surface area (TPSA) is 24.1 Å². The molecular formula is C23H42N2. The number of nitrogens with one attached hydrogen (secondary N) is 2. The van der Waals surface area contributed by atoms with Crippen LogP contribution in [0.3, 0.4) is 0 Å². The number of piperidine rings is 2. The highest BCUT2D eigenvalue weighted by Gasteiger charge is 2.51. The van der Waals surface area contributed by atoms with E-state index >= 15 is 0 Å². The van der Waals surface area contributed by atoms with Gasteiger partial charge in [-0.15, -0.1) is 0 Å². The molecule has 4 aliphatic rings. The van der Waals surface area contributed by atoms with Crippen molar-refractivity contribution < 1.29 is 0 Å². The van der Waals surface area contributed by atoms with Crippen LogP contribution >= 0.6 is 0 Å². The van der Waals surface area contributed by atoms with Gasteiger partial charge in [0.2, 0.25) is 0 Å². The summed E-state index contributed by atoms with van der Waals surface area (Å²) in [5, 5.41) is 8.04. The summed E-state index contributed by atoms with van der Waals surface area (Å²) < 4.78 is 0. The summed E-state index contributed by atoms with van der Waals surface area (Å²) in [6, 6.07) is 0. The first-order valence-electron chi connectivity index (χ1n) is 11.5. The summed E-state index contributed by atoms with van der Waals surface area (Å²) in [5.41, 5.74) is 1.08. The summed E-state index contributed by atoms with van der Waals surface area (Å²) in [7, 11) is 0. The SMILES string of the molecule is CCC1CCC2(CCCC(C3CC4(CCC(C(C)C)CN4)C3)C2)NC1. The number of hydrogen-bond acceptors (Lipinski definition) is 2. The van der Waals surface area contributed by atoms with Crippen molar-refractivity contribution in [2.75, 3.05) is 13.1 Å². The van der Waals surface area contributed by atoms with Gasteiger partial charge in [0, 0.05) is 11.1 Å². The van der Waals surface area contributed by atoms with Crippen molar-refractivity contribution in [1.29, 1.82) is 0 Å². The highest BCUT2D eigenvalue weighted by molar-refractivity contribution is 5.08. The van der Waals surface area contributed by atoms with E-state index in [0.29, 0.717) is 11.1 Å². The van der Waals surface area contributed by atoms with Crippen LogP contribution < -0.4 is 10.6 Å². The first-order valence-corrected chi connectivity index (χ1v) is 11.5. The Morgan fingerprint density at radius 2 is 1.56 bits per heavy atom. The van der Waals surface area contributed by atoms with Crippen molar-refractivity contribution in [3.63, 3.8) is 0 Å². The van der Waals surface area contributed by atoms with Crippen LogP contribution in [0.15, 0.2) is 0 Å². The fourth-order valence-corrected chi connectivity index (χ4v) is 6.77. The van der Waals surface area contributed by atoms with Crippen molar-refractivity contribution in [3.8, 4) is 0 Å². The molecule has 4 unspecified atom stereocenters. The van der Waals surface area contributed by atoms with Crippen molar-refractivity contribution >= 4 is 0 Å². The van der Waals surface area contributed by atoms with Crippen LogP contribution in [0.5, 0.6) is 0 Å². The lowest BCUT2D eigenvalue weighted by Gasteiger charge is -2.57. The lowest BCUT2D eigenvalue weighted by atomic mass is 9.55. The van der Waals surface area contributed by atoms with Gasteiger partial charge in [-0.2, -0.15) is 0 Å². The van der Waals surface area contributed by atoms with Crippen LogP contribution in [0.2, 0.25) is 0 Å². The van der Waals surface area contributed by atoms with Crippen molar-refractivity contribution in [1.82, 2.24) is 10.6 Å². The molecule has 2 heteroatoms. The fraction of sp³-hybridized carbons (Fsp3) is 1.00. The quantitative estimate of drug-likeness (QED) is 0.740. The van der Waals surface area contributed by atoms with E-state index in [-0.39, 0.29) is 0 Å². The maximum Gasteiger partial charge on any atom is 0.0187 e. The Morgan fingerprint density at radius 1 is 0.840 bits per heavy atom. The van der Waals surface area contributed by atoms with Crippen LogP contribution in [-0.4, -0.2) is 24.2 Å². The Bertz CT molecular complexity index is 433. The monoisotopic (exact) mass is 346 g/mol. The Kier molecular flexibility index (Phi) is 5.23. The Hall–Kier alpha value is -0.0800. The van der Waals surface area contributed by atoms with E-state index in [0.717, 1.165) is 29.6 Å². The summed E-state index contributed by atoms with van der Waals surface area (Å²) in [4.78, 5) is 0. The van der Waals surface area contributed by atoms with Gasteiger partial charge >= 0.3 is 0 Å². The van der Waals surface area contributed by atoms with E-state index in [1.807, 2.05) is 0 Å². The van der Waals surface area contributed by atoms with Crippen LogP contribution in [-0.2, 0) is 0 Å². The van der Waals surface area contributed by atoms with Gasteiger partial charge in [0.1, 0.15) is 0 Å². The Labute approximate surface area is 156 Å². The van der Waals surface area contributed by atoms with Gasteiger partial charge < -0.3 is 10.6 Å². The van der Waals surface area contributed by atoms with Crippen LogP contribution in [0.1, 0.15) is 91.4 Å². The molecule has 4 atom stereocenters. The van der Waals surface area contributed by atoms with E-state index in [4.69, 9.17) is 0 Å². The third-order valence-corrected chi connectivity index (χ3v) is 8.91. The van der Waals surface area contributed by atoms with Crippen molar-refractivity contribution in [3.05, 3.63) is 0 Å². The number of rotatable bonds is 3. The average Bonchev–Trinajstić information content (AvgIpc) is 2.60. The van der Waals surface area contributed by atoms with Gasteiger partial charge in [-0.25, -0.2) is 0 Å². The van der Waals surface area contributed by atoms with E-state index < -0.39 is 0 Å². The largest absolute Gasteiger partial charge is 0.311 e. The predicted molar refractivity (Wildman–Crippen MR) is 107 cm³/mol. The minimum absolute atomic E-state index is 0.528. The van der Waals surface area contributed by atoms with Crippen molar-refractivity contribution in [2.24, 2.45) is 29.6 Å². The predicted octanol–water partition coefficient (Wildman–Crippen LogP) is 5.13. The first kappa shape index (κ1) is 18.3. The minimum atomic E-state index is 0.528. The summed E-state index contributed by atoms with van der Waals surface area (Å²) >= 11 is 0. The molecule has 0 aromatic rings. The molecule has 144 valence electrons. The normalized spacial score (nSPS) is 48.0. The fourth-order valence-electron chi connectivity index (χ4n) is 6.77. The summed E-state index contributed by atoms with van der Waals surface area (Å²) in [5.74, 6) is 4.74. The lowest BCUT2D eigenvalue weighted by molar-refractivity contribution is -0.0103. The van der Waals surface area contributed by atoms with E-state index in [1.54, 1.807) is 0 Å². The van der Waals surface area contributed by atoms with Crippen LogP contribution in [0.4, 0.5) is 0 Å². The van der Waals surface area contributed by atoms with Gasteiger partial charge in [0.25, 0.3) is 0 Å². The lowest BCUT2D eigenvalue weighted by Crippen LogP contribution is -2.62. The van der Waals surface area contributed by atoms with Gasteiger partial charge in [0.05, 0.1) is 0 Å². The second-order valence-electron chi connectivity index (χ2n) is 10.7. The smallest absolute Gasteiger partial charge is 0.0187 e. The van der Waals surface area contributed by atoms with Crippen LogP contribution in [0, 0.1) is 29.6 Å². The van der Waals surface area contributed by atoms with Gasteiger partial charge in [-0.1, -0.05) is 40.0 Å². The maximum atomic E-state index is 4.04. The zero-order valence-electron chi connectivity index (χ0n) is 17.1. The number of hydrogen-bond donors (Lipinski definition) is 2. The second kappa shape index (κ2) is 7.15. The minimum Gasteiger partial charge on any atom is -0.311 e. The summed E-state index contributed by atoms with van der Waals surface area (Å²) in [6.07, 6.45) is 16.1. The van der Waals surface area contributed by atoms with Crippen LogP contribution in [0.25, 0.3) is 0 Å². The Balaban J connectivity index is 1.28. The first-order chi connectivity index (χ1) is 12.0. The Morgan fingerprint density at radius 3 is 2.16 bits per heavy atom.